The number of hydrogen-bond donors (Lipinski definition) is 0. The number of nitrogens with zero attached hydrogens (tertiary/aromatic N) is 4. The molecule has 0 spiro atoms. The summed E-state index contributed by atoms with van der Waals surface area (Å²) >= 11 is 0. The second-order valence-electron chi connectivity index (χ2n) is 9.94. The third kappa shape index (κ3) is 3.70. The van der Waals surface area contributed by atoms with Crippen molar-refractivity contribution >= 4 is 5.91 Å². The van der Waals surface area contributed by atoms with Crippen molar-refractivity contribution in [2.45, 2.75) is 69.9 Å². The molecule has 2 aromatic rings. The number of hydrogen-bond acceptors (Lipinski definition) is 6. The maximum Gasteiger partial charge on any atom is 0.238 e. The standard InChI is InChI=1S/C25H32N4O3/c30-23(10-3-9-22-26-25(27-32-22)21-8-5-13-31-21)29-12-4-6-17-14-18-15-19(24(17)29)16-28-11-2-1-7-20(18)28/h5,8,13-14,18-20,24H,1-4,6-7,9-12,15-16H2. The molecule has 2 bridgehead atoms. The number of aromatic nitrogens is 2. The molecule has 3 aliphatic heterocycles. The van der Waals surface area contributed by atoms with Crippen LogP contribution in [0.2, 0.25) is 0 Å². The first kappa shape index (κ1) is 20.2. The predicted molar refractivity (Wildman–Crippen MR) is 119 cm³/mol. The number of furan rings is 1. The quantitative estimate of drug-likeness (QED) is 0.658. The largest absolute Gasteiger partial charge is 0.461 e. The molecule has 32 heavy (non-hydrogen) atoms. The van der Waals surface area contributed by atoms with Crippen LogP contribution < -0.4 is 0 Å². The van der Waals surface area contributed by atoms with Crippen LogP contribution in [0.3, 0.4) is 0 Å². The minimum Gasteiger partial charge on any atom is -0.461 e. The fraction of sp³-hybridized carbons (Fsp3) is 0.640. The van der Waals surface area contributed by atoms with E-state index in [1.807, 2.05) is 6.07 Å². The Bertz CT molecular complexity index is 981. The number of carbonyl (C=O) groups excluding carboxylic acids is 1. The molecule has 4 atom stereocenters. The van der Waals surface area contributed by atoms with Gasteiger partial charge in [-0.1, -0.05) is 23.2 Å². The first-order valence-electron chi connectivity index (χ1n) is 12.4. The van der Waals surface area contributed by atoms with Crippen LogP contribution in [0.15, 0.2) is 39.0 Å². The zero-order valence-electron chi connectivity index (χ0n) is 18.6. The SMILES string of the molecule is O=C(CCCc1nc(-c2ccco2)no1)N1CCCC2=CC3CC(CN4CCCCC34)C21. The highest BCUT2D eigenvalue weighted by Crippen LogP contribution is 2.45. The van der Waals surface area contributed by atoms with E-state index in [1.54, 1.807) is 17.9 Å². The minimum absolute atomic E-state index is 0.283. The van der Waals surface area contributed by atoms with Crippen LogP contribution in [0, 0.1) is 11.8 Å². The second-order valence-corrected chi connectivity index (χ2v) is 9.94. The number of rotatable bonds is 5. The second kappa shape index (κ2) is 8.50. The minimum atomic E-state index is 0.283. The van der Waals surface area contributed by atoms with Crippen molar-refractivity contribution in [3.8, 4) is 11.6 Å². The molecule has 0 aromatic carbocycles. The molecule has 3 saturated heterocycles. The molecule has 3 fully saturated rings. The van der Waals surface area contributed by atoms with Gasteiger partial charge in [0.1, 0.15) is 0 Å². The van der Waals surface area contributed by atoms with Crippen LogP contribution in [0.1, 0.15) is 57.3 Å². The van der Waals surface area contributed by atoms with Gasteiger partial charge < -0.3 is 13.8 Å². The Kier molecular flexibility index (Phi) is 5.37. The highest BCUT2D eigenvalue weighted by atomic mass is 16.5. The van der Waals surface area contributed by atoms with Crippen molar-refractivity contribution < 1.29 is 13.7 Å². The van der Waals surface area contributed by atoms with Gasteiger partial charge in [-0.25, -0.2) is 0 Å². The summed E-state index contributed by atoms with van der Waals surface area (Å²) in [6.07, 6.45) is 13.6. The Morgan fingerprint density at radius 2 is 2.19 bits per heavy atom. The van der Waals surface area contributed by atoms with E-state index >= 15 is 0 Å². The Morgan fingerprint density at radius 3 is 3.09 bits per heavy atom. The van der Waals surface area contributed by atoms with Crippen LogP contribution in [0.25, 0.3) is 11.6 Å². The summed E-state index contributed by atoms with van der Waals surface area (Å²) in [6, 6.07) is 4.69. The topological polar surface area (TPSA) is 75.6 Å². The molecule has 7 heteroatoms. The summed E-state index contributed by atoms with van der Waals surface area (Å²) in [4.78, 5) is 22.6. The van der Waals surface area contributed by atoms with Crippen molar-refractivity contribution in [3.05, 3.63) is 35.9 Å². The molecule has 0 N–H and O–H groups in total. The third-order valence-corrected chi connectivity index (χ3v) is 7.97. The van der Waals surface area contributed by atoms with E-state index < -0.39 is 0 Å². The van der Waals surface area contributed by atoms with Crippen molar-refractivity contribution in [1.29, 1.82) is 0 Å². The van der Waals surface area contributed by atoms with Crippen LogP contribution >= 0.6 is 0 Å². The summed E-state index contributed by atoms with van der Waals surface area (Å²) in [5.41, 5.74) is 1.55. The zero-order chi connectivity index (χ0) is 21.5. The smallest absolute Gasteiger partial charge is 0.238 e. The van der Waals surface area contributed by atoms with Gasteiger partial charge >= 0.3 is 0 Å². The van der Waals surface area contributed by atoms with E-state index in [0.717, 1.165) is 25.4 Å². The van der Waals surface area contributed by atoms with Crippen molar-refractivity contribution in [1.82, 2.24) is 19.9 Å². The summed E-state index contributed by atoms with van der Waals surface area (Å²) in [5, 5.41) is 3.98. The number of piperidine rings is 3. The molecule has 2 aromatic heterocycles. The molecular weight excluding hydrogens is 404 g/mol. The third-order valence-electron chi connectivity index (χ3n) is 7.97. The zero-order valence-corrected chi connectivity index (χ0v) is 18.6. The van der Waals surface area contributed by atoms with E-state index in [9.17, 15) is 4.79 Å². The molecular formula is C25H32N4O3. The van der Waals surface area contributed by atoms with Gasteiger partial charge in [-0.2, -0.15) is 4.98 Å². The van der Waals surface area contributed by atoms with Crippen molar-refractivity contribution in [3.63, 3.8) is 0 Å². The lowest BCUT2D eigenvalue weighted by atomic mass is 9.68. The average molecular weight is 437 g/mol. The molecule has 0 saturated carbocycles. The van der Waals surface area contributed by atoms with E-state index in [2.05, 4.69) is 26.0 Å². The lowest BCUT2D eigenvalue weighted by Crippen LogP contribution is -2.60. The Labute approximate surface area is 188 Å². The first-order chi connectivity index (χ1) is 15.8. The molecule has 7 nitrogen and oxygen atoms in total. The Balaban J connectivity index is 1.10. The maximum atomic E-state index is 13.3. The van der Waals surface area contributed by atoms with Gasteiger partial charge in [-0.05, 0) is 69.0 Å². The van der Waals surface area contributed by atoms with E-state index in [4.69, 9.17) is 8.94 Å². The highest BCUT2D eigenvalue weighted by molar-refractivity contribution is 5.77. The lowest BCUT2D eigenvalue weighted by molar-refractivity contribution is -0.136. The van der Waals surface area contributed by atoms with Crippen molar-refractivity contribution in [2.75, 3.05) is 19.6 Å². The molecule has 5 heterocycles. The van der Waals surface area contributed by atoms with Crippen molar-refractivity contribution in [2.24, 2.45) is 11.8 Å². The van der Waals surface area contributed by atoms with Gasteiger partial charge in [0.2, 0.25) is 17.6 Å². The van der Waals surface area contributed by atoms with Crippen LogP contribution in [-0.2, 0) is 11.2 Å². The monoisotopic (exact) mass is 436 g/mol. The van der Waals surface area contributed by atoms with Gasteiger partial charge in [0, 0.05) is 32.0 Å². The van der Waals surface area contributed by atoms with E-state index in [0.29, 0.717) is 48.2 Å². The number of aryl methyl sites for hydroxylation is 1. The molecule has 6 rings (SSSR count). The fourth-order valence-corrected chi connectivity index (χ4v) is 6.65. The molecule has 4 unspecified atom stereocenters. The summed E-state index contributed by atoms with van der Waals surface area (Å²) < 4.78 is 10.7. The molecule has 4 aliphatic rings. The maximum absolute atomic E-state index is 13.3. The number of likely N-dealkylation sites (tertiary alicyclic amines) is 1. The van der Waals surface area contributed by atoms with Crippen LogP contribution in [0.4, 0.5) is 0 Å². The summed E-state index contributed by atoms with van der Waals surface area (Å²) in [5.74, 6) is 3.22. The normalized spacial score (nSPS) is 29.9. The van der Waals surface area contributed by atoms with Gasteiger partial charge in [-0.15, -0.1) is 0 Å². The average Bonchev–Trinajstić information content (AvgIpc) is 3.51. The fourth-order valence-electron chi connectivity index (χ4n) is 6.65. The number of carbonyl (C=O) groups is 1. The van der Waals surface area contributed by atoms with E-state index in [1.165, 1.54) is 45.2 Å². The predicted octanol–water partition coefficient (Wildman–Crippen LogP) is 4.07. The first-order valence-corrected chi connectivity index (χ1v) is 12.4. The van der Waals surface area contributed by atoms with E-state index in [-0.39, 0.29) is 5.91 Å². The van der Waals surface area contributed by atoms with Gasteiger partial charge in [-0.3, -0.25) is 9.69 Å². The number of fused-ring (bicyclic) bond motifs is 6. The summed E-state index contributed by atoms with van der Waals surface area (Å²) in [6.45, 7) is 3.31. The molecule has 1 aliphatic carbocycles. The summed E-state index contributed by atoms with van der Waals surface area (Å²) in [7, 11) is 0. The van der Waals surface area contributed by atoms with Gasteiger partial charge in [0.05, 0.1) is 12.3 Å². The Morgan fingerprint density at radius 1 is 1.22 bits per heavy atom. The van der Waals surface area contributed by atoms with Gasteiger partial charge in [0.15, 0.2) is 5.76 Å². The molecule has 0 radical (unpaired) electrons. The highest BCUT2D eigenvalue weighted by Gasteiger charge is 2.46. The van der Waals surface area contributed by atoms with Gasteiger partial charge in [0.25, 0.3) is 0 Å². The molecule has 1 amide bonds. The molecule has 170 valence electrons. The van der Waals surface area contributed by atoms with Crippen LogP contribution in [-0.4, -0.2) is 57.6 Å². The van der Waals surface area contributed by atoms with Crippen LogP contribution in [0.5, 0.6) is 0 Å². The Hall–Kier alpha value is -2.41. The number of amides is 1. The lowest BCUT2D eigenvalue weighted by Gasteiger charge is -2.54.